The highest BCUT2D eigenvalue weighted by molar-refractivity contribution is 5.89. The summed E-state index contributed by atoms with van der Waals surface area (Å²) in [6.45, 7) is 4.78. The van der Waals surface area contributed by atoms with Gasteiger partial charge in [0.05, 0.1) is 0 Å². The molecule has 0 heterocycles. The second kappa shape index (κ2) is 6.60. The minimum atomic E-state index is -0.0159. The van der Waals surface area contributed by atoms with Crippen molar-refractivity contribution in [1.82, 2.24) is 0 Å². The van der Waals surface area contributed by atoms with Crippen LogP contribution >= 0.6 is 0 Å². The van der Waals surface area contributed by atoms with E-state index in [1.165, 1.54) is 37.8 Å². The molecule has 1 saturated carbocycles. The Balaban J connectivity index is 2.15. The van der Waals surface area contributed by atoms with E-state index in [0.717, 1.165) is 12.2 Å². The van der Waals surface area contributed by atoms with Crippen LogP contribution in [0.5, 0.6) is 0 Å². The molecule has 2 rings (SSSR count). The molecule has 1 amide bonds. The second-order valence-electron chi connectivity index (χ2n) is 5.31. The van der Waals surface area contributed by atoms with Crippen molar-refractivity contribution < 1.29 is 4.79 Å². The number of nitrogens with zero attached hydrogens (tertiary/aromatic N) is 1. The van der Waals surface area contributed by atoms with Crippen molar-refractivity contribution in [1.29, 1.82) is 0 Å². The monoisotopic (exact) mass is 260 g/mol. The molecule has 0 saturated heterocycles. The molecule has 1 aromatic carbocycles. The molecule has 1 N–H and O–H groups in total. The molecule has 1 aliphatic carbocycles. The molecule has 1 fully saturated rings. The van der Waals surface area contributed by atoms with E-state index < -0.39 is 0 Å². The maximum Gasteiger partial charge on any atom is 0.221 e. The maximum absolute atomic E-state index is 11.1. The summed E-state index contributed by atoms with van der Waals surface area (Å²) in [6, 6.07) is 8.85. The minimum absolute atomic E-state index is 0.0159. The fourth-order valence-corrected chi connectivity index (χ4v) is 3.01. The predicted molar refractivity (Wildman–Crippen MR) is 80.6 cm³/mol. The Bertz CT molecular complexity index is 425. The third-order valence-corrected chi connectivity index (χ3v) is 3.85. The molecule has 3 heteroatoms. The Morgan fingerprint density at radius 3 is 2.68 bits per heavy atom. The molecule has 0 aliphatic heterocycles. The molecular weight excluding hydrogens is 236 g/mol. The lowest BCUT2D eigenvalue weighted by Gasteiger charge is -2.35. The summed E-state index contributed by atoms with van der Waals surface area (Å²) >= 11 is 0. The molecular formula is C16H24N2O. The molecule has 0 unspecified atom stereocenters. The van der Waals surface area contributed by atoms with E-state index in [-0.39, 0.29) is 5.91 Å². The van der Waals surface area contributed by atoms with Gasteiger partial charge in [-0.3, -0.25) is 4.79 Å². The molecule has 0 bridgehead atoms. The van der Waals surface area contributed by atoms with Crippen LogP contribution < -0.4 is 10.2 Å². The zero-order chi connectivity index (χ0) is 13.7. The molecule has 0 radical (unpaired) electrons. The Morgan fingerprint density at radius 1 is 1.32 bits per heavy atom. The van der Waals surface area contributed by atoms with Crippen LogP contribution in [-0.4, -0.2) is 18.5 Å². The Kier molecular flexibility index (Phi) is 4.83. The van der Waals surface area contributed by atoms with Crippen molar-refractivity contribution in [2.75, 3.05) is 16.8 Å². The van der Waals surface area contributed by atoms with E-state index in [0.29, 0.717) is 6.04 Å². The van der Waals surface area contributed by atoms with E-state index in [9.17, 15) is 4.79 Å². The van der Waals surface area contributed by atoms with Crippen molar-refractivity contribution in [3.63, 3.8) is 0 Å². The van der Waals surface area contributed by atoms with Gasteiger partial charge < -0.3 is 10.2 Å². The highest BCUT2D eigenvalue weighted by Crippen LogP contribution is 2.28. The van der Waals surface area contributed by atoms with Gasteiger partial charge in [-0.15, -0.1) is 0 Å². The summed E-state index contributed by atoms with van der Waals surface area (Å²) in [5.41, 5.74) is 2.11. The highest BCUT2D eigenvalue weighted by Gasteiger charge is 2.20. The number of hydrogen-bond donors (Lipinski definition) is 1. The molecule has 0 aromatic heterocycles. The van der Waals surface area contributed by atoms with Crippen molar-refractivity contribution in [3.05, 3.63) is 24.3 Å². The smallest absolute Gasteiger partial charge is 0.221 e. The second-order valence-corrected chi connectivity index (χ2v) is 5.31. The van der Waals surface area contributed by atoms with E-state index in [2.05, 4.69) is 29.3 Å². The van der Waals surface area contributed by atoms with Crippen LogP contribution in [0.2, 0.25) is 0 Å². The van der Waals surface area contributed by atoms with Gasteiger partial charge in [-0.1, -0.05) is 25.3 Å². The first-order valence-electron chi connectivity index (χ1n) is 7.35. The molecule has 0 spiro atoms. The molecule has 19 heavy (non-hydrogen) atoms. The lowest BCUT2D eigenvalue weighted by Crippen LogP contribution is -2.36. The first kappa shape index (κ1) is 13.9. The van der Waals surface area contributed by atoms with Gasteiger partial charge in [0.1, 0.15) is 0 Å². The van der Waals surface area contributed by atoms with E-state index in [1.807, 2.05) is 12.1 Å². The van der Waals surface area contributed by atoms with Gasteiger partial charge in [-0.05, 0) is 38.0 Å². The number of anilines is 2. The molecule has 0 atom stereocenters. The van der Waals surface area contributed by atoms with Crippen molar-refractivity contribution in [2.45, 2.75) is 52.0 Å². The summed E-state index contributed by atoms with van der Waals surface area (Å²) in [4.78, 5) is 13.6. The van der Waals surface area contributed by atoms with Gasteiger partial charge >= 0.3 is 0 Å². The van der Waals surface area contributed by atoms with Gasteiger partial charge in [0.25, 0.3) is 0 Å². The van der Waals surface area contributed by atoms with Gasteiger partial charge in [-0.2, -0.15) is 0 Å². The first-order valence-corrected chi connectivity index (χ1v) is 7.35. The number of amides is 1. The summed E-state index contributed by atoms with van der Waals surface area (Å²) in [7, 11) is 0. The summed E-state index contributed by atoms with van der Waals surface area (Å²) < 4.78 is 0. The molecule has 1 aromatic rings. The lowest BCUT2D eigenvalue weighted by atomic mass is 9.94. The third-order valence-electron chi connectivity index (χ3n) is 3.85. The summed E-state index contributed by atoms with van der Waals surface area (Å²) in [5.74, 6) is -0.0159. The Hall–Kier alpha value is -1.51. The largest absolute Gasteiger partial charge is 0.369 e. The number of nitrogens with one attached hydrogen (secondary N) is 1. The van der Waals surface area contributed by atoms with Crippen LogP contribution in [0.1, 0.15) is 46.0 Å². The molecule has 1 aliphatic rings. The quantitative estimate of drug-likeness (QED) is 0.893. The average Bonchev–Trinajstić information content (AvgIpc) is 2.40. The van der Waals surface area contributed by atoms with Crippen molar-refractivity contribution >= 4 is 17.3 Å². The van der Waals surface area contributed by atoms with Crippen molar-refractivity contribution in [3.8, 4) is 0 Å². The maximum atomic E-state index is 11.1. The van der Waals surface area contributed by atoms with Crippen LogP contribution in [-0.2, 0) is 4.79 Å². The Morgan fingerprint density at radius 2 is 2.05 bits per heavy atom. The number of benzene rings is 1. The average molecular weight is 260 g/mol. The zero-order valence-electron chi connectivity index (χ0n) is 12.0. The van der Waals surface area contributed by atoms with Crippen molar-refractivity contribution in [2.24, 2.45) is 0 Å². The third kappa shape index (κ3) is 3.72. The van der Waals surface area contributed by atoms with Crippen LogP contribution in [0.15, 0.2) is 24.3 Å². The fourth-order valence-electron chi connectivity index (χ4n) is 3.01. The summed E-state index contributed by atoms with van der Waals surface area (Å²) in [5, 5.41) is 2.86. The van der Waals surface area contributed by atoms with Gasteiger partial charge in [0.2, 0.25) is 5.91 Å². The number of carbonyl (C=O) groups excluding carboxylic acids is 1. The van der Waals surface area contributed by atoms with Crippen LogP contribution in [0.4, 0.5) is 11.4 Å². The SMILES string of the molecule is CCN(c1cccc(NC(C)=O)c1)C1CCCCC1. The predicted octanol–water partition coefficient (Wildman–Crippen LogP) is 3.80. The van der Waals surface area contributed by atoms with Crippen LogP contribution in [0.3, 0.4) is 0 Å². The summed E-state index contributed by atoms with van der Waals surface area (Å²) in [6.07, 6.45) is 6.63. The number of rotatable bonds is 4. The van der Waals surface area contributed by atoms with Gasteiger partial charge in [-0.25, -0.2) is 0 Å². The minimum Gasteiger partial charge on any atom is -0.369 e. The lowest BCUT2D eigenvalue weighted by molar-refractivity contribution is -0.114. The van der Waals surface area contributed by atoms with Crippen LogP contribution in [0.25, 0.3) is 0 Å². The molecule has 3 nitrogen and oxygen atoms in total. The zero-order valence-corrected chi connectivity index (χ0v) is 12.0. The topological polar surface area (TPSA) is 32.3 Å². The van der Waals surface area contributed by atoms with E-state index >= 15 is 0 Å². The van der Waals surface area contributed by atoms with Gasteiger partial charge in [0.15, 0.2) is 0 Å². The normalized spacial score (nSPS) is 16.1. The highest BCUT2D eigenvalue weighted by atomic mass is 16.1. The standard InChI is InChI=1S/C16H24N2O/c1-3-18(15-9-5-4-6-10-15)16-11-7-8-14(12-16)17-13(2)19/h7-8,11-12,15H,3-6,9-10H2,1-2H3,(H,17,19). The number of hydrogen-bond acceptors (Lipinski definition) is 2. The first-order chi connectivity index (χ1) is 9.20. The van der Waals surface area contributed by atoms with Crippen LogP contribution in [0, 0.1) is 0 Å². The van der Waals surface area contributed by atoms with E-state index in [4.69, 9.17) is 0 Å². The Labute approximate surface area is 116 Å². The molecule has 104 valence electrons. The number of carbonyl (C=O) groups is 1. The van der Waals surface area contributed by atoms with E-state index in [1.54, 1.807) is 6.92 Å². The fraction of sp³-hybridized carbons (Fsp3) is 0.562. The van der Waals surface area contributed by atoms with Gasteiger partial charge in [0, 0.05) is 30.9 Å².